The van der Waals surface area contributed by atoms with Crippen LogP contribution >= 0.6 is 0 Å². The average molecular weight is 312 g/mol. The first kappa shape index (κ1) is 15.9. The normalized spacial score (nSPS) is 17.1. The van der Waals surface area contributed by atoms with Crippen LogP contribution in [-0.2, 0) is 19.6 Å². The lowest BCUT2D eigenvalue weighted by atomic mass is 9.77. The number of ether oxygens (including phenoxy) is 1. The van der Waals surface area contributed by atoms with E-state index in [-0.39, 0.29) is 16.4 Å². The van der Waals surface area contributed by atoms with Gasteiger partial charge >= 0.3 is 0 Å². The fourth-order valence-corrected chi connectivity index (χ4v) is 3.33. The monoisotopic (exact) mass is 312 g/mol. The van der Waals surface area contributed by atoms with E-state index >= 15 is 0 Å². The maximum atomic E-state index is 12.0. The minimum absolute atomic E-state index is 0.0628. The van der Waals surface area contributed by atoms with E-state index in [2.05, 4.69) is 5.32 Å². The van der Waals surface area contributed by atoms with Gasteiger partial charge in [0.25, 0.3) is 0 Å². The topological polar surface area (TPSA) is 98.5 Å². The molecule has 1 amide bonds. The Morgan fingerprint density at radius 2 is 2.10 bits per heavy atom. The fraction of sp³-hybridized carbons (Fsp3) is 0.500. The molecule has 0 spiro atoms. The van der Waals surface area contributed by atoms with E-state index in [1.54, 1.807) is 20.1 Å². The molecule has 0 bridgehead atoms. The number of rotatable bonds is 5. The fourth-order valence-electron chi connectivity index (χ4n) is 2.57. The molecular formula is C14H20N2O4S. The minimum atomic E-state index is -3.74. The second kappa shape index (κ2) is 5.75. The molecule has 0 unspecified atom stereocenters. The number of nitrogens with two attached hydrogens (primary N) is 1. The molecule has 7 heteroatoms. The molecule has 1 aliphatic carbocycles. The minimum Gasteiger partial charge on any atom is -0.378 e. The van der Waals surface area contributed by atoms with E-state index in [1.165, 1.54) is 12.1 Å². The second-order valence-corrected chi connectivity index (χ2v) is 7.02. The highest BCUT2D eigenvalue weighted by Crippen LogP contribution is 2.38. The van der Waals surface area contributed by atoms with Gasteiger partial charge in [0.15, 0.2) is 0 Å². The van der Waals surface area contributed by atoms with Crippen molar-refractivity contribution in [3.8, 4) is 0 Å². The van der Waals surface area contributed by atoms with E-state index in [0.717, 1.165) is 19.3 Å². The van der Waals surface area contributed by atoms with Gasteiger partial charge in [-0.2, -0.15) is 0 Å². The number of anilines is 1. The van der Waals surface area contributed by atoms with Crippen molar-refractivity contribution in [3.63, 3.8) is 0 Å². The Labute approximate surface area is 124 Å². The highest BCUT2D eigenvalue weighted by Gasteiger charge is 2.38. The number of amides is 1. The Bertz CT molecular complexity index is 645. The number of benzene rings is 1. The van der Waals surface area contributed by atoms with E-state index in [4.69, 9.17) is 9.88 Å². The highest BCUT2D eigenvalue weighted by atomic mass is 32.2. The molecule has 0 atom stereocenters. The third kappa shape index (κ3) is 3.61. The lowest BCUT2D eigenvalue weighted by molar-refractivity contribution is -0.129. The smallest absolute Gasteiger partial charge is 0.238 e. The van der Waals surface area contributed by atoms with Crippen LogP contribution in [0.3, 0.4) is 0 Å². The van der Waals surface area contributed by atoms with Gasteiger partial charge in [0, 0.05) is 12.8 Å². The van der Waals surface area contributed by atoms with Crippen LogP contribution in [0.4, 0.5) is 5.69 Å². The van der Waals surface area contributed by atoms with Crippen molar-refractivity contribution in [2.45, 2.75) is 43.1 Å². The molecular weight excluding hydrogens is 292 g/mol. The summed E-state index contributed by atoms with van der Waals surface area (Å²) in [6.07, 6.45) is 3.16. The number of hydrogen-bond acceptors (Lipinski definition) is 4. The standard InChI is InChI=1S/C14H20N2O4S/c1-10-8-11(4-5-12(10)21(15,18)19)16-13(17)9-14(20-2)6-3-7-14/h4-5,8H,3,6-7,9H2,1-2H3,(H,16,17)(H2,15,18,19). The third-order valence-corrected chi connectivity index (χ3v) is 5.02. The van der Waals surface area contributed by atoms with Crippen molar-refractivity contribution in [2.24, 2.45) is 5.14 Å². The van der Waals surface area contributed by atoms with E-state index in [0.29, 0.717) is 17.7 Å². The molecule has 1 aromatic carbocycles. The summed E-state index contributed by atoms with van der Waals surface area (Å²) < 4.78 is 28.1. The third-order valence-electron chi connectivity index (χ3n) is 3.95. The van der Waals surface area contributed by atoms with Crippen LogP contribution in [0.15, 0.2) is 23.1 Å². The summed E-state index contributed by atoms with van der Waals surface area (Å²) in [5.74, 6) is -0.140. The number of primary sulfonamides is 1. The number of aryl methyl sites for hydroxylation is 1. The summed E-state index contributed by atoms with van der Waals surface area (Å²) in [6.45, 7) is 1.64. The second-order valence-electron chi connectivity index (χ2n) is 5.49. The molecule has 0 aliphatic heterocycles. The van der Waals surface area contributed by atoms with Gasteiger partial charge in [-0.25, -0.2) is 13.6 Å². The van der Waals surface area contributed by atoms with E-state index < -0.39 is 10.0 Å². The van der Waals surface area contributed by atoms with Gasteiger partial charge < -0.3 is 10.1 Å². The quantitative estimate of drug-likeness (QED) is 0.861. The number of nitrogens with one attached hydrogen (secondary N) is 1. The molecule has 0 heterocycles. The van der Waals surface area contributed by atoms with Crippen LogP contribution in [0.5, 0.6) is 0 Å². The zero-order valence-corrected chi connectivity index (χ0v) is 13.0. The molecule has 6 nitrogen and oxygen atoms in total. The number of methoxy groups -OCH3 is 1. The molecule has 1 aliphatic rings. The van der Waals surface area contributed by atoms with Crippen LogP contribution in [0, 0.1) is 6.92 Å². The lowest BCUT2D eigenvalue weighted by Gasteiger charge is -2.39. The van der Waals surface area contributed by atoms with Gasteiger partial charge in [-0.3, -0.25) is 4.79 Å². The first-order valence-electron chi connectivity index (χ1n) is 6.74. The molecule has 3 N–H and O–H groups in total. The van der Waals surface area contributed by atoms with E-state index in [9.17, 15) is 13.2 Å². The average Bonchev–Trinajstić information content (AvgIpc) is 2.32. The van der Waals surface area contributed by atoms with Gasteiger partial charge in [-0.05, 0) is 49.9 Å². The Kier molecular flexibility index (Phi) is 4.36. The molecule has 1 fully saturated rings. The SMILES string of the molecule is COC1(CC(=O)Nc2ccc(S(N)(=O)=O)c(C)c2)CCC1. The van der Waals surface area contributed by atoms with Crippen LogP contribution in [0.1, 0.15) is 31.2 Å². The number of carbonyl (C=O) groups is 1. The van der Waals surface area contributed by atoms with Crippen LogP contribution in [0.25, 0.3) is 0 Å². The lowest BCUT2D eigenvalue weighted by Crippen LogP contribution is -2.42. The van der Waals surface area contributed by atoms with Gasteiger partial charge in [0.1, 0.15) is 0 Å². The zero-order valence-electron chi connectivity index (χ0n) is 12.2. The molecule has 1 saturated carbocycles. The summed E-state index contributed by atoms with van der Waals surface area (Å²) in [5.41, 5.74) is 0.718. The number of carbonyl (C=O) groups excluding carboxylic acids is 1. The predicted molar refractivity (Wildman–Crippen MR) is 79.4 cm³/mol. The summed E-state index contributed by atoms with van der Waals surface area (Å²) >= 11 is 0. The zero-order chi connectivity index (χ0) is 15.7. The van der Waals surface area contributed by atoms with Crippen molar-refractivity contribution >= 4 is 21.6 Å². The Balaban J connectivity index is 2.07. The maximum absolute atomic E-state index is 12.0. The van der Waals surface area contributed by atoms with Crippen LogP contribution < -0.4 is 10.5 Å². The van der Waals surface area contributed by atoms with Gasteiger partial charge in [0.2, 0.25) is 15.9 Å². The van der Waals surface area contributed by atoms with Crippen LogP contribution in [0.2, 0.25) is 0 Å². The van der Waals surface area contributed by atoms with Crippen molar-refractivity contribution in [1.29, 1.82) is 0 Å². The van der Waals surface area contributed by atoms with Gasteiger partial charge in [-0.15, -0.1) is 0 Å². The molecule has 21 heavy (non-hydrogen) atoms. The molecule has 0 aromatic heterocycles. The molecule has 0 saturated heterocycles. The summed E-state index contributed by atoms with van der Waals surface area (Å²) in [5, 5.41) is 7.87. The Morgan fingerprint density at radius 3 is 2.52 bits per heavy atom. The van der Waals surface area contributed by atoms with E-state index in [1.807, 2.05) is 0 Å². The predicted octanol–water partition coefficient (Wildman–Crippen LogP) is 1.54. The van der Waals surface area contributed by atoms with Gasteiger partial charge in [0.05, 0.1) is 16.9 Å². The molecule has 2 rings (SSSR count). The summed E-state index contributed by atoms with van der Waals surface area (Å²) in [4.78, 5) is 12.1. The Morgan fingerprint density at radius 1 is 1.43 bits per heavy atom. The van der Waals surface area contributed by atoms with Crippen molar-refractivity contribution in [2.75, 3.05) is 12.4 Å². The first-order chi connectivity index (χ1) is 9.76. The van der Waals surface area contributed by atoms with Gasteiger partial charge in [-0.1, -0.05) is 0 Å². The molecule has 1 aromatic rings. The first-order valence-corrected chi connectivity index (χ1v) is 8.29. The highest BCUT2D eigenvalue weighted by molar-refractivity contribution is 7.89. The number of hydrogen-bond donors (Lipinski definition) is 2. The van der Waals surface area contributed by atoms with Crippen molar-refractivity contribution in [3.05, 3.63) is 23.8 Å². The van der Waals surface area contributed by atoms with Crippen molar-refractivity contribution < 1.29 is 17.9 Å². The summed E-state index contributed by atoms with van der Waals surface area (Å²) in [6, 6.07) is 4.53. The summed E-state index contributed by atoms with van der Waals surface area (Å²) in [7, 11) is -2.12. The maximum Gasteiger partial charge on any atom is 0.238 e. The molecule has 116 valence electrons. The number of sulfonamides is 1. The Hall–Kier alpha value is -1.44. The van der Waals surface area contributed by atoms with Crippen LogP contribution in [-0.4, -0.2) is 27.0 Å². The largest absolute Gasteiger partial charge is 0.378 e. The molecule has 0 radical (unpaired) electrons. The van der Waals surface area contributed by atoms with Crippen molar-refractivity contribution in [1.82, 2.24) is 0 Å².